The van der Waals surface area contributed by atoms with E-state index in [9.17, 15) is 4.79 Å². The summed E-state index contributed by atoms with van der Waals surface area (Å²) in [6.45, 7) is 2.72. The first-order valence-corrected chi connectivity index (χ1v) is 6.12. The van der Waals surface area contributed by atoms with Crippen molar-refractivity contribution in [1.29, 1.82) is 0 Å². The Hall–Kier alpha value is -1.23. The maximum Gasteiger partial charge on any atom is 0.412 e. The highest BCUT2D eigenvalue weighted by atomic mass is 79.9. The molecule has 100 valence electrons. The van der Waals surface area contributed by atoms with E-state index in [2.05, 4.69) is 21.2 Å². The molecular weight excluding hydrogens is 298 g/mol. The number of halogens is 1. The van der Waals surface area contributed by atoms with Gasteiger partial charge < -0.3 is 9.47 Å². The summed E-state index contributed by atoms with van der Waals surface area (Å²) in [7, 11) is 1.37. The second kappa shape index (κ2) is 5.61. The van der Waals surface area contributed by atoms with Crippen LogP contribution in [0.1, 0.15) is 30.4 Å². The summed E-state index contributed by atoms with van der Waals surface area (Å²) in [6.07, 6.45) is -0.734. The Morgan fingerprint density at radius 2 is 2.11 bits per heavy atom. The fraction of sp³-hybridized carbons (Fsp3) is 0.462. The van der Waals surface area contributed by atoms with Gasteiger partial charge in [-0.3, -0.25) is 5.32 Å². The predicted octanol–water partition coefficient (Wildman–Crippen LogP) is 4.11. The van der Waals surface area contributed by atoms with Gasteiger partial charge in [-0.25, -0.2) is 4.79 Å². The van der Waals surface area contributed by atoms with Crippen molar-refractivity contribution < 1.29 is 18.4 Å². The zero-order valence-electron chi connectivity index (χ0n) is 13.8. The quantitative estimate of drug-likeness (QED) is 0.892. The molecule has 18 heavy (non-hydrogen) atoms. The van der Waals surface area contributed by atoms with Crippen molar-refractivity contribution in [2.75, 3.05) is 12.4 Å². The molecule has 1 rings (SSSR count). The van der Waals surface area contributed by atoms with Crippen LogP contribution >= 0.6 is 15.9 Å². The Balaban J connectivity index is 3.25. The van der Waals surface area contributed by atoms with Gasteiger partial charge in [-0.05, 0) is 55.7 Å². The Bertz CT molecular complexity index is 539. The first-order chi connectivity index (χ1) is 9.45. The monoisotopic (exact) mass is 318 g/mol. The molecule has 0 saturated heterocycles. The fourth-order valence-corrected chi connectivity index (χ4v) is 1.69. The van der Waals surface area contributed by atoms with Crippen molar-refractivity contribution in [2.24, 2.45) is 0 Å². The number of hydrogen-bond acceptors (Lipinski definition) is 3. The molecule has 0 unspecified atom stereocenters. The van der Waals surface area contributed by atoms with Crippen LogP contribution in [0.4, 0.5) is 10.5 Å². The molecule has 0 aliphatic rings. The average Bonchev–Trinajstić information content (AvgIpc) is 2.27. The Kier molecular flexibility index (Phi) is 3.32. The molecule has 1 amide bonds. The molecule has 5 heteroatoms. The number of nitrogens with one attached hydrogen (secondary N) is 1. The number of hydrogen-bond donors (Lipinski definition) is 1. The molecule has 0 aromatic heterocycles. The maximum absolute atomic E-state index is 11.9. The first kappa shape index (κ1) is 10.7. The Morgan fingerprint density at radius 1 is 1.44 bits per heavy atom. The zero-order chi connectivity index (χ0) is 16.4. The van der Waals surface area contributed by atoms with Crippen LogP contribution in [0.15, 0.2) is 16.6 Å². The lowest BCUT2D eigenvalue weighted by molar-refractivity contribution is 0.0635. The van der Waals surface area contributed by atoms with E-state index >= 15 is 0 Å². The van der Waals surface area contributed by atoms with E-state index in [1.807, 2.05) is 0 Å². The van der Waals surface area contributed by atoms with Crippen molar-refractivity contribution >= 4 is 27.7 Å². The van der Waals surface area contributed by atoms with E-state index in [4.69, 9.17) is 13.6 Å². The molecule has 1 aromatic carbocycles. The van der Waals surface area contributed by atoms with Gasteiger partial charge in [0.25, 0.3) is 0 Å². The summed E-state index contributed by atoms with van der Waals surface area (Å²) < 4.78 is 33.5. The summed E-state index contributed by atoms with van der Waals surface area (Å²) >= 11 is 3.24. The normalized spacial score (nSPS) is 14.2. The molecule has 0 fully saturated rings. The second-order valence-electron chi connectivity index (χ2n) is 4.63. The summed E-state index contributed by atoms with van der Waals surface area (Å²) in [4.78, 5) is 11.9. The van der Waals surface area contributed by atoms with Crippen LogP contribution in [0.2, 0.25) is 0 Å². The van der Waals surface area contributed by atoms with Crippen LogP contribution in [-0.4, -0.2) is 18.8 Å². The average molecular weight is 319 g/mol. The lowest BCUT2D eigenvalue weighted by Crippen LogP contribution is -2.27. The summed E-state index contributed by atoms with van der Waals surface area (Å²) in [5.74, 6) is 0.171. The molecule has 0 aliphatic heterocycles. The van der Waals surface area contributed by atoms with E-state index in [1.54, 1.807) is 26.8 Å². The number of carbonyl (C=O) groups is 1. The highest BCUT2D eigenvalue weighted by Crippen LogP contribution is 2.33. The largest absolute Gasteiger partial charge is 0.496 e. The van der Waals surface area contributed by atoms with E-state index in [-0.39, 0.29) is 17.0 Å². The molecule has 0 radical (unpaired) electrons. The third-order valence-electron chi connectivity index (χ3n) is 1.96. The van der Waals surface area contributed by atoms with Crippen LogP contribution in [0.5, 0.6) is 5.75 Å². The number of benzene rings is 1. The Morgan fingerprint density at radius 3 is 2.61 bits per heavy atom. The fourth-order valence-electron chi connectivity index (χ4n) is 1.26. The predicted molar refractivity (Wildman–Crippen MR) is 75.3 cm³/mol. The smallest absolute Gasteiger partial charge is 0.412 e. The third kappa shape index (κ3) is 3.91. The Labute approximate surface area is 120 Å². The van der Waals surface area contributed by atoms with Gasteiger partial charge in [0.1, 0.15) is 11.4 Å². The lowest BCUT2D eigenvalue weighted by Gasteiger charge is -2.21. The molecule has 1 aromatic rings. The van der Waals surface area contributed by atoms with Crippen molar-refractivity contribution in [1.82, 2.24) is 0 Å². The molecule has 4 nitrogen and oxygen atoms in total. The van der Waals surface area contributed by atoms with Crippen molar-refractivity contribution in [3.8, 4) is 5.75 Å². The number of ether oxygens (including phenoxy) is 2. The van der Waals surface area contributed by atoms with Gasteiger partial charge in [-0.2, -0.15) is 0 Å². The van der Waals surface area contributed by atoms with Crippen molar-refractivity contribution in [2.45, 2.75) is 33.2 Å². The molecule has 0 atom stereocenters. The van der Waals surface area contributed by atoms with Gasteiger partial charge >= 0.3 is 6.09 Å². The van der Waals surface area contributed by atoms with Gasteiger partial charge in [0.15, 0.2) is 0 Å². The molecule has 0 spiro atoms. The number of rotatable bonds is 2. The molecule has 0 saturated carbocycles. The summed E-state index contributed by atoms with van der Waals surface area (Å²) in [5, 5.41) is 2.47. The zero-order valence-corrected chi connectivity index (χ0v) is 12.3. The van der Waals surface area contributed by atoms with Crippen molar-refractivity contribution in [3.63, 3.8) is 0 Å². The second-order valence-corrected chi connectivity index (χ2v) is 5.48. The van der Waals surface area contributed by atoms with Gasteiger partial charge in [-0.15, -0.1) is 0 Å². The maximum atomic E-state index is 11.9. The van der Waals surface area contributed by atoms with Gasteiger partial charge in [0.05, 0.1) is 12.8 Å². The van der Waals surface area contributed by atoms with Gasteiger partial charge in [-0.1, -0.05) is 0 Å². The van der Waals surface area contributed by atoms with Crippen LogP contribution in [0, 0.1) is 6.85 Å². The van der Waals surface area contributed by atoms with Crippen molar-refractivity contribution in [3.05, 3.63) is 22.2 Å². The SMILES string of the molecule is [2H]C([2H])([2H])c1c(OC)ccc(Br)c1NC(=O)OC(C)(C)C. The molecule has 0 aliphatic carbocycles. The topological polar surface area (TPSA) is 47.6 Å². The number of anilines is 1. The van der Waals surface area contributed by atoms with Gasteiger partial charge in [0.2, 0.25) is 0 Å². The van der Waals surface area contributed by atoms with E-state index in [0.717, 1.165) is 0 Å². The molecule has 0 heterocycles. The number of amides is 1. The third-order valence-corrected chi connectivity index (χ3v) is 2.62. The van der Waals surface area contributed by atoms with Crippen LogP contribution in [0.25, 0.3) is 0 Å². The van der Waals surface area contributed by atoms with E-state index in [1.165, 1.54) is 13.2 Å². The highest BCUT2D eigenvalue weighted by molar-refractivity contribution is 9.10. The van der Waals surface area contributed by atoms with Crippen LogP contribution in [-0.2, 0) is 4.74 Å². The minimum absolute atomic E-state index is 0.0785. The van der Waals surface area contributed by atoms with Crippen LogP contribution in [0.3, 0.4) is 0 Å². The standard InChI is InChI=1S/C13H18BrNO3/c1-8-10(17-5)7-6-9(14)11(8)15-12(16)18-13(2,3)4/h6-7H,1-5H3,(H,15,16)/i1D3. The van der Waals surface area contributed by atoms with E-state index < -0.39 is 18.5 Å². The highest BCUT2D eigenvalue weighted by Gasteiger charge is 2.18. The summed E-state index contributed by atoms with van der Waals surface area (Å²) in [5.41, 5.74) is -0.649. The number of methoxy groups -OCH3 is 1. The molecule has 1 N–H and O–H groups in total. The minimum Gasteiger partial charge on any atom is -0.496 e. The number of carbonyl (C=O) groups excluding carboxylic acids is 1. The summed E-state index contributed by atoms with van der Waals surface area (Å²) in [6, 6.07) is 3.12. The lowest BCUT2D eigenvalue weighted by atomic mass is 10.2. The molecular formula is C13H18BrNO3. The van der Waals surface area contributed by atoms with E-state index in [0.29, 0.717) is 4.47 Å². The minimum atomic E-state index is -2.44. The molecule has 0 bridgehead atoms. The van der Waals surface area contributed by atoms with Gasteiger partial charge in [0, 0.05) is 14.1 Å². The van der Waals surface area contributed by atoms with Crippen LogP contribution < -0.4 is 10.1 Å². The first-order valence-electron chi connectivity index (χ1n) is 6.82.